The van der Waals surface area contributed by atoms with Gasteiger partial charge in [0, 0.05) is 13.1 Å². The lowest BCUT2D eigenvalue weighted by molar-refractivity contribution is -0.122. The first kappa shape index (κ1) is 22.4. The smallest absolute Gasteiger partial charge is 0.293 e. The van der Waals surface area contributed by atoms with Gasteiger partial charge in [0.1, 0.15) is 17.3 Å². The number of thioether (sulfide) groups is 1. The molecule has 2 heterocycles. The molecule has 1 aliphatic rings. The quantitative estimate of drug-likeness (QED) is 0.555. The van der Waals surface area contributed by atoms with Crippen molar-refractivity contribution in [3.63, 3.8) is 0 Å². The molecule has 1 N–H and O–H groups in total. The average molecular weight is 468 g/mol. The number of nitrogens with one attached hydrogen (secondary N) is 1. The molecule has 0 radical (unpaired) electrons. The van der Waals surface area contributed by atoms with Gasteiger partial charge in [-0.05, 0) is 54.6 Å². The Bertz CT molecular complexity index is 1270. The monoisotopic (exact) mass is 468 g/mol. The van der Waals surface area contributed by atoms with Crippen molar-refractivity contribution in [1.82, 2.24) is 20.0 Å². The Labute approximate surface area is 192 Å². The topological polar surface area (TPSA) is 84.3 Å². The number of rotatable bonds is 6. The van der Waals surface area contributed by atoms with Gasteiger partial charge in [-0.3, -0.25) is 19.3 Å². The van der Waals surface area contributed by atoms with Crippen LogP contribution in [0.1, 0.15) is 21.6 Å². The first-order chi connectivity index (χ1) is 15.8. The van der Waals surface area contributed by atoms with E-state index in [0.29, 0.717) is 11.3 Å². The minimum atomic E-state index is -0.480. The van der Waals surface area contributed by atoms with Crippen molar-refractivity contribution in [3.05, 3.63) is 88.1 Å². The van der Waals surface area contributed by atoms with Crippen molar-refractivity contribution in [2.75, 3.05) is 13.1 Å². The second-order valence-corrected chi connectivity index (χ2v) is 8.14. The fourth-order valence-electron chi connectivity index (χ4n) is 3.28. The van der Waals surface area contributed by atoms with Crippen molar-refractivity contribution in [1.29, 1.82) is 0 Å². The number of para-hydroxylation sites is 1. The second-order valence-electron chi connectivity index (χ2n) is 7.15. The van der Waals surface area contributed by atoms with Crippen LogP contribution >= 0.6 is 11.8 Å². The SMILES string of the molecule is Cc1c(C(=O)NCCN2C(=O)SC(=Cc3ccc(F)cc3)C2=O)cnn1-c1ccccc1F. The number of halogens is 2. The standard InChI is InChI=1S/C23H18F2N4O3S/c1-14-17(13-27-29(14)19-5-3-2-4-18(19)25)21(30)26-10-11-28-22(31)20(33-23(28)32)12-15-6-8-16(24)9-7-15/h2-9,12-13H,10-11H2,1H3,(H,26,30). The Kier molecular flexibility index (Phi) is 6.36. The summed E-state index contributed by atoms with van der Waals surface area (Å²) in [5, 5.41) is 6.30. The molecule has 0 bridgehead atoms. The molecule has 0 saturated carbocycles. The fourth-order valence-corrected chi connectivity index (χ4v) is 4.14. The molecule has 0 atom stereocenters. The minimum Gasteiger partial charge on any atom is -0.350 e. The Morgan fingerprint density at radius 3 is 2.58 bits per heavy atom. The molecule has 7 nitrogen and oxygen atoms in total. The van der Waals surface area contributed by atoms with Crippen LogP contribution in [0, 0.1) is 18.6 Å². The Hall–Kier alpha value is -3.79. The van der Waals surface area contributed by atoms with E-state index >= 15 is 0 Å². The largest absolute Gasteiger partial charge is 0.350 e. The Balaban J connectivity index is 1.38. The van der Waals surface area contributed by atoms with Crippen LogP contribution in [0.4, 0.5) is 13.6 Å². The first-order valence-corrected chi connectivity index (χ1v) is 10.8. The average Bonchev–Trinajstić information content (AvgIpc) is 3.30. The molecular formula is C23H18F2N4O3S. The van der Waals surface area contributed by atoms with Crippen LogP contribution in [0.3, 0.4) is 0 Å². The molecular weight excluding hydrogens is 450 g/mol. The number of hydrogen-bond acceptors (Lipinski definition) is 5. The third kappa shape index (κ3) is 4.70. The van der Waals surface area contributed by atoms with E-state index in [1.165, 1.54) is 47.3 Å². The summed E-state index contributed by atoms with van der Waals surface area (Å²) in [6.07, 6.45) is 2.85. The maximum atomic E-state index is 14.0. The highest BCUT2D eigenvalue weighted by atomic mass is 32.2. The minimum absolute atomic E-state index is 0.0162. The van der Waals surface area contributed by atoms with E-state index in [9.17, 15) is 23.2 Å². The van der Waals surface area contributed by atoms with E-state index in [1.54, 1.807) is 25.1 Å². The van der Waals surface area contributed by atoms with E-state index in [1.807, 2.05) is 0 Å². The van der Waals surface area contributed by atoms with Crippen LogP contribution in [0.2, 0.25) is 0 Å². The summed E-state index contributed by atoms with van der Waals surface area (Å²) in [6.45, 7) is 1.66. The van der Waals surface area contributed by atoms with E-state index in [2.05, 4.69) is 10.4 Å². The first-order valence-electron chi connectivity index (χ1n) is 9.94. The molecule has 0 spiro atoms. The summed E-state index contributed by atoms with van der Waals surface area (Å²) >= 11 is 0.784. The van der Waals surface area contributed by atoms with Crippen LogP contribution in [0.5, 0.6) is 0 Å². The summed E-state index contributed by atoms with van der Waals surface area (Å²) in [5.41, 5.74) is 1.52. The number of carbonyl (C=O) groups is 3. The highest BCUT2D eigenvalue weighted by Gasteiger charge is 2.34. The zero-order valence-corrected chi connectivity index (χ0v) is 18.2. The van der Waals surface area contributed by atoms with Crippen LogP contribution in [-0.4, -0.2) is 44.8 Å². The van der Waals surface area contributed by atoms with Crippen LogP contribution in [-0.2, 0) is 4.79 Å². The summed E-state index contributed by atoms with van der Waals surface area (Å²) in [4.78, 5) is 38.6. The zero-order valence-electron chi connectivity index (χ0n) is 17.4. The van der Waals surface area contributed by atoms with Crippen LogP contribution < -0.4 is 5.32 Å². The second kappa shape index (κ2) is 9.37. The lowest BCUT2D eigenvalue weighted by atomic mass is 10.2. The van der Waals surface area contributed by atoms with Gasteiger partial charge < -0.3 is 5.32 Å². The lowest BCUT2D eigenvalue weighted by Crippen LogP contribution is -2.37. The van der Waals surface area contributed by atoms with E-state index in [-0.39, 0.29) is 29.2 Å². The van der Waals surface area contributed by atoms with Gasteiger partial charge in [0.25, 0.3) is 17.1 Å². The number of aromatic nitrogens is 2. The Morgan fingerprint density at radius 1 is 1.12 bits per heavy atom. The maximum Gasteiger partial charge on any atom is 0.293 e. The van der Waals surface area contributed by atoms with Crippen molar-refractivity contribution < 1.29 is 23.2 Å². The predicted molar refractivity (Wildman–Crippen MR) is 120 cm³/mol. The molecule has 2 aromatic carbocycles. The summed E-state index contributed by atoms with van der Waals surface area (Å²) < 4.78 is 28.4. The van der Waals surface area contributed by atoms with E-state index < -0.39 is 28.7 Å². The summed E-state index contributed by atoms with van der Waals surface area (Å²) in [7, 11) is 0. The van der Waals surface area contributed by atoms with Gasteiger partial charge in [-0.15, -0.1) is 0 Å². The maximum absolute atomic E-state index is 14.0. The molecule has 4 rings (SSSR count). The number of amides is 3. The van der Waals surface area contributed by atoms with Crippen molar-refractivity contribution in [2.24, 2.45) is 0 Å². The number of imide groups is 1. The fraction of sp³-hybridized carbons (Fsp3) is 0.130. The van der Waals surface area contributed by atoms with Gasteiger partial charge in [0.2, 0.25) is 0 Å². The van der Waals surface area contributed by atoms with Crippen molar-refractivity contribution >= 4 is 34.9 Å². The highest BCUT2D eigenvalue weighted by molar-refractivity contribution is 8.18. The summed E-state index contributed by atoms with van der Waals surface area (Å²) in [5.74, 6) is -1.80. The molecule has 1 aliphatic heterocycles. The van der Waals surface area contributed by atoms with Crippen molar-refractivity contribution in [3.8, 4) is 5.69 Å². The molecule has 168 valence electrons. The van der Waals surface area contributed by atoms with Gasteiger partial charge in [-0.1, -0.05) is 24.3 Å². The molecule has 3 amide bonds. The predicted octanol–water partition coefficient (Wildman–Crippen LogP) is 3.93. The van der Waals surface area contributed by atoms with Crippen LogP contribution in [0.25, 0.3) is 11.8 Å². The lowest BCUT2D eigenvalue weighted by Gasteiger charge is -2.13. The zero-order chi connectivity index (χ0) is 23.5. The number of nitrogens with zero attached hydrogens (tertiary/aromatic N) is 3. The normalized spacial score (nSPS) is 14.9. The molecule has 1 aromatic heterocycles. The third-order valence-corrected chi connectivity index (χ3v) is 5.90. The number of hydrogen-bond donors (Lipinski definition) is 1. The molecule has 0 unspecified atom stereocenters. The highest BCUT2D eigenvalue weighted by Crippen LogP contribution is 2.31. The Morgan fingerprint density at radius 2 is 1.85 bits per heavy atom. The molecule has 1 saturated heterocycles. The van der Waals surface area contributed by atoms with E-state index in [0.717, 1.165) is 16.7 Å². The van der Waals surface area contributed by atoms with Crippen molar-refractivity contribution in [2.45, 2.75) is 6.92 Å². The molecule has 33 heavy (non-hydrogen) atoms. The summed E-state index contributed by atoms with van der Waals surface area (Å²) in [6, 6.07) is 11.6. The molecule has 0 aliphatic carbocycles. The van der Waals surface area contributed by atoms with Gasteiger partial charge >= 0.3 is 0 Å². The molecule has 3 aromatic rings. The van der Waals surface area contributed by atoms with Gasteiger partial charge in [-0.25, -0.2) is 13.5 Å². The van der Waals surface area contributed by atoms with Gasteiger partial charge in [-0.2, -0.15) is 5.10 Å². The van der Waals surface area contributed by atoms with Gasteiger partial charge in [0.05, 0.1) is 22.4 Å². The number of carbonyl (C=O) groups excluding carboxylic acids is 3. The number of benzene rings is 2. The van der Waals surface area contributed by atoms with Crippen LogP contribution in [0.15, 0.2) is 59.6 Å². The molecule has 10 heteroatoms. The third-order valence-electron chi connectivity index (χ3n) is 5.00. The molecule has 1 fully saturated rings. The van der Waals surface area contributed by atoms with Gasteiger partial charge in [0.15, 0.2) is 0 Å². The van der Waals surface area contributed by atoms with E-state index in [4.69, 9.17) is 0 Å².